The Morgan fingerprint density at radius 1 is 1.24 bits per heavy atom. The van der Waals surface area contributed by atoms with Crippen molar-refractivity contribution in [2.75, 3.05) is 6.54 Å². The average Bonchev–Trinajstić information content (AvgIpc) is 2.35. The maximum absolute atomic E-state index is 13.6. The summed E-state index contributed by atoms with van der Waals surface area (Å²) in [4.78, 5) is 0. The second-order valence-electron chi connectivity index (χ2n) is 4.31. The highest BCUT2D eigenvalue weighted by atomic mass is 79.9. The van der Waals surface area contributed by atoms with Crippen LogP contribution in [0.1, 0.15) is 24.8 Å². The van der Waals surface area contributed by atoms with Crippen LogP contribution in [0, 0.1) is 17.5 Å². The first kappa shape index (κ1) is 12.9. The molecular weight excluding hydrogens is 295 g/mol. The van der Waals surface area contributed by atoms with Crippen molar-refractivity contribution in [2.24, 2.45) is 0 Å². The minimum Gasteiger partial charge on any atom is -0.314 e. The summed E-state index contributed by atoms with van der Waals surface area (Å²) in [5.74, 6) is -2.85. The van der Waals surface area contributed by atoms with Crippen LogP contribution in [0.4, 0.5) is 13.2 Å². The topological polar surface area (TPSA) is 12.0 Å². The highest BCUT2D eigenvalue weighted by Gasteiger charge is 2.20. The van der Waals surface area contributed by atoms with Crippen molar-refractivity contribution >= 4 is 15.9 Å². The summed E-state index contributed by atoms with van der Waals surface area (Å²) in [6, 6.07) is 1.18. The number of hydrogen-bond acceptors (Lipinski definition) is 1. The van der Waals surface area contributed by atoms with E-state index in [1.165, 1.54) is 0 Å². The minimum atomic E-state index is -1.14. The molecule has 94 valence electrons. The van der Waals surface area contributed by atoms with Gasteiger partial charge >= 0.3 is 0 Å². The molecule has 1 aliphatic heterocycles. The molecule has 0 aliphatic carbocycles. The van der Waals surface area contributed by atoms with E-state index in [-0.39, 0.29) is 11.6 Å². The maximum Gasteiger partial charge on any atom is 0.176 e. The normalized spacial score (nSPS) is 20.6. The van der Waals surface area contributed by atoms with Crippen LogP contribution >= 0.6 is 15.9 Å². The Kier molecular flexibility index (Phi) is 4.09. The van der Waals surface area contributed by atoms with Crippen LogP contribution in [-0.2, 0) is 6.42 Å². The van der Waals surface area contributed by atoms with Gasteiger partial charge in [0.25, 0.3) is 0 Å². The van der Waals surface area contributed by atoms with Crippen LogP contribution in [0.15, 0.2) is 10.5 Å². The van der Waals surface area contributed by atoms with Crippen LogP contribution in [0.3, 0.4) is 0 Å². The number of rotatable bonds is 2. The summed E-state index contributed by atoms with van der Waals surface area (Å²) >= 11 is 2.68. The van der Waals surface area contributed by atoms with E-state index in [4.69, 9.17) is 0 Å². The molecule has 0 bridgehead atoms. The zero-order valence-corrected chi connectivity index (χ0v) is 10.8. The van der Waals surface area contributed by atoms with Crippen molar-refractivity contribution in [2.45, 2.75) is 31.7 Å². The van der Waals surface area contributed by atoms with E-state index in [0.717, 1.165) is 31.9 Å². The zero-order valence-electron chi connectivity index (χ0n) is 9.20. The Hall–Kier alpha value is -0.550. The highest BCUT2D eigenvalue weighted by molar-refractivity contribution is 9.10. The van der Waals surface area contributed by atoms with Gasteiger partial charge in [-0.15, -0.1) is 0 Å². The number of halogens is 4. The molecule has 1 aromatic carbocycles. The van der Waals surface area contributed by atoms with E-state index in [2.05, 4.69) is 21.2 Å². The van der Waals surface area contributed by atoms with E-state index in [1.807, 2.05) is 0 Å². The first-order valence-electron chi connectivity index (χ1n) is 5.65. The average molecular weight is 308 g/mol. The predicted molar refractivity (Wildman–Crippen MR) is 63.4 cm³/mol. The molecule has 1 atom stereocenters. The first-order chi connectivity index (χ1) is 8.09. The fourth-order valence-electron chi connectivity index (χ4n) is 2.13. The number of piperidine rings is 1. The van der Waals surface area contributed by atoms with Gasteiger partial charge < -0.3 is 5.32 Å². The van der Waals surface area contributed by atoms with E-state index in [0.29, 0.717) is 6.42 Å². The Morgan fingerprint density at radius 2 is 2.00 bits per heavy atom. The molecule has 17 heavy (non-hydrogen) atoms. The minimum absolute atomic E-state index is 0.0996. The molecule has 1 nitrogen and oxygen atoms in total. The van der Waals surface area contributed by atoms with Crippen LogP contribution in [0.25, 0.3) is 0 Å². The van der Waals surface area contributed by atoms with Gasteiger partial charge in [0.05, 0.1) is 4.47 Å². The van der Waals surface area contributed by atoms with E-state index < -0.39 is 21.9 Å². The lowest BCUT2D eigenvalue weighted by Crippen LogP contribution is -2.35. The molecule has 1 saturated heterocycles. The van der Waals surface area contributed by atoms with Gasteiger partial charge in [-0.1, -0.05) is 6.42 Å². The van der Waals surface area contributed by atoms with E-state index >= 15 is 0 Å². The Bertz CT molecular complexity index is 417. The Balaban J connectivity index is 2.20. The van der Waals surface area contributed by atoms with Crippen molar-refractivity contribution in [3.8, 4) is 0 Å². The third-order valence-electron chi connectivity index (χ3n) is 3.06. The molecule has 1 unspecified atom stereocenters. The number of benzene rings is 1. The SMILES string of the molecule is Fc1cc(CC2CCCCN2)c(F)c(F)c1Br. The highest BCUT2D eigenvalue weighted by Crippen LogP contribution is 2.26. The van der Waals surface area contributed by atoms with E-state index in [9.17, 15) is 13.2 Å². The van der Waals surface area contributed by atoms with Crippen molar-refractivity contribution in [1.82, 2.24) is 5.32 Å². The van der Waals surface area contributed by atoms with Crippen molar-refractivity contribution in [3.63, 3.8) is 0 Å². The van der Waals surface area contributed by atoms with Gasteiger partial charge in [0.1, 0.15) is 5.82 Å². The fraction of sp³-hybridized carbons (Fsp3) is 0.500. The van der Waals surface area contributed by atoms with Gasteiger partial charge in [-0.25, -0.2) is 13.2 Å². The van der Waals surface area contributed by atoms with Gasteiger partial charge in [-0.2, -0.15) is 0 Å². The second kappa shape index (κ2) is 5.40. The molecule has 1 aromatic rings. The third-order valence-corrected chi connectivity index (χ3v) is 3.78. The predicted octanol–water partition coefficient (Wildman–Crippen LogP) is 3.55. The zero-order chi connectivity index (χ0) is 12.4. The molecule has 5 heteroatoms. The largest absolute Gasteiger partial charge is 0.314 e. The maximum atomic E-state index is 13.6. The summed E-state index contributed by atoms with van der Waals surface area (Å²) in [7, 11) is 0. The van der Waals surface area contributed by atoms with Gasteiger partial charge in [0, 0.05) is 6.04 Å². The molecule has 1 heterocycles. The van der Waals surface area contributed by atoms with Crippen molar-refractivity contribution in [1.29, 1.82) is 0 Å². The van der Waals surface area contributed by atoms with Crippen LogP contribution in [0.2, 0.25) is 0 Å². The van der Waals surface area contributed by atoms with Crippen LogP contribution < -0.4 is 5.32 Å². The van der Waals surface area contributed by atoms with Crippen molar-refractivity contribution < 1.29 is 13.2 Å². The summed E-state index contributed by atoms with van der Waals surface area (Å²) in [5.41, 5.74) is 0.0996. The van der Waals surface area contributed by atoms with Gasteiger partial charge in [0.2, 0.25) is 0 Å². The van der Waals surface area contributed by atoms with Gasteiger partial charge in [-0.05, 0) is 53.4 Å². The monoisotopic (exact) mass is 307 g/mol. The molecule has 2 rings (SSSR count). The quantitative estimate of drug-likeness (QED) is 0.651. The van der Waals surface area contributed by atoms with Crippen LogP contribution in [0.5, 0.6) is 0 Å². The lowest BCUT2D eigenvalue weighted by molar-refractivity contribution is 0.390. The lowest BCUT2D eigenvalue weighted by Gasteiger charge is -2.23. The van der Waals surface area contributed by atoms with Crippen LogP contribution in [-0.4, -0.2) is 12.6 Å². The van der Waals surface area contributed by atoms with Crippen molar-refractivity contribution in [3.05, 3.63) is 33.6 Å². The second-order valence-corrected chi connectivity index (χ2v) is 5.10. The molecular formula is C12H13BrF3N. The summed E-state index contributed by atoms with van der Waals surface area (Å²) in [6.07, 6.45) is 3.41. The van der Waals surface area contributed by atoms with E-state index in [1.54, 1.807) is 0 Å². The number of hydrogen-bond donors (Lipinski definition) is 1. The first-order valence-corrected chi connectivity index (χ1v) is 6.44. The molecule has 1 fully saturated rings. The summed E-state index contributed by atoms with van der Waals surface area (Å²) in [6.45, 7) is 0.883. The standard InChI is InChI=1S/C12H13BrF3N/c13-10-9(14)6-7(11(15)12(10)16)5-8-3-1-2-4-17-8/h6,8,17H,1-5H2. The lowest BCUT2D eigenvalue weighted by atomic mass is 9.97. The Labute approximate surface area is 107 Å². The Morgan fingerprint density at radius 3 is 2.65 bits per heavy atom. The molecule has 0 aromatic heterocycles. The molecule has 1 aliphatic rings. The molecule has 0 saturated carbocycles. The summed E-state index contributed by atoms with van der Waals surface area (Å²) in [5, 5.41) is 3.23. The fourth-order valence-corrected chi connectivity index (χ4v) is 2.42. The summed E-state index contributed by atoms with van der Waals surface area (Å²) < 4.78 is 39.8. The smallest absolute Gasteiger partial charge is 0.176 e. The van der Waals surface area contributed by atoms with Gasteiger partial charge in [0.15, 0.2) is 11.6 Å². The molecule has 0 spiro atoms. The number of nitrogens with one attached hydrogen (secondary N) is 1. The molecule has 0 radical (unpaired) electrons. The van der Waals surface area contributed by atoms with Gasteiger partial charge in [-0.3, -0.25) is 0 Å². The molecule has 0 amide bonds. The molecule has 1 N–H and O–H groups in total. The third kappa shape index (κ3) is 2.83.